The number of hydrogen-bond acceptors (Lipinski definition) is 3. The Morgan fingerprint density at radius 3 is 2.65 bits per heavy atom. The molecule has 2 rings (SSSR count). The van der Waals surface area contributed by atoms with Crippen LogP contribution in [0.4, 0.5) is 0 Å². The molecule has 1 fully saturated rings. The zero-order valence-electron chi connectivity index (χ0n) is 9.80. The first-order chi connectivity index (χ1) is 8.16. The molecule has 0 radical (unpaired) electrons. The highest BCUT2D eigenvalue weighted by atomic mass is 16.4. The summed E-state index contributed by atoms with van der Waals surface area (Å²) >= 11 is 0. The van der Waals surface area contributed by atoms with Gasteiger partial charge >= 0.3 is 5.97 Å². The molecule has 1 aliphatic rings. The van der Waals surface area contributed by atoms with E-state index < -0.39 is 5.97 Å². The van der Waals surface area contributed by atoms with Crippen LogP contribution in [0.15, 0.2) is 24.3 Å². The molecule has 0 aliphatic carbocycles. The normalized spacial score (nSPS) is 18.2. The van der Waals surface area contributed by atoms with Gasteiger partial charge in [-0.2, -0.15) is 0 Å². The lowest BCUT2D eigenvalue weighted by Crippen LogP contribution is -2.39. The van der Waals surface area contributed by atoms with E-state index in [4.69, 9.17) is 10.8 Å². The summed E-state index contributed by atoms with van der Waals surface area (Å²) in [6.07, 6.45) is 1.99. The Labute approximate surface area is 101 Å². The molecule has 1 aromatic rings. The van der Waals surface area contributed by atoms with Crippen LogP contribution in [-0.2, 0) is 6.54 Å². The van der Waals surface area contributed by atoms with Gasteiger partial charge < -0.3 is 10.8 Å². The Kier molecular flexibility index (Phi) is 3.76. The maximum Gasteiger partial charge on any atom is 0.336 e. The number of carboxylic acid groups (broad SMARTS) is 1. The first kappa shape index (κ1) is 12.1. The van der Waals surface area contributed by atoms with Crippen molar-refractivity contribution >= 4 is 5.97 Å². The van der Waals surface area contributed by atoms with Gasteiger partial charge in [0.1, 0.15) is 0 Å². The van der Waals surface area contributed by atoms with E-state index >= 15 is 0 Å². The molecule has 17 heavy (non-hydrogen) atoms. The molecule has 92 valence electrons. The van der Waals surface area contributed by atoms with E-state index in [-0.39, 0.29) is 0 Å². The Bertz CT molecular complexity index is 398. The predicted molar refractivity (Wildman–Crippen MR) is 65.9 cm³/mol. The van der Waals surface area contributed by atoms with Crippen LogP contribution in [0.5, 0.6) is 0 Å². The van der Waals surface area contributed by atoms with E-state index in [0.717, 1.165) is 31.5 Å². The molecule has 0 bridgehead atoms. The van der Waals surface area contributed by atoms with Crippen molar-refractivity contribution in [2.75, 3.05) is 13.1 Å². The molecule has 1 aliphatic heterocycles. The van der Waals surface area contributed by atoms with Gasteiger partial charge in [0.15, 0.2) is 0 Å². The topological polar surface area (TPSA) is 66.6 Å². The first-order valence-electron chi connectivity index (χ1n) is 5.96. The molecule has 1 heterocycles. The molecule has 1 aromatic carbocycles. The molecule has 3 N–H and O–H groups in total. The number of carbonyl (C=O) groups is 1. The van der Waals surface area contributed by atoms with Gasteiger partial charge in [-0.25, -0.2) is 4.79 Å². The summed E-state index contributed by atoms with van der Waals surface area (Å²) in [5, 5.41) is 9.10. The van der Waals surface area contributed by atoms with Gasteiger partial charge in [0.25, 0.3) is 0 Å². The molecule has 4 heteroatoms. The van der Waals surface area contributed by atoms with Crippen LogP contribution in [-0.4, -0.2) is 35.1 Å². The van der Waals surface area contributed by atoms with Crippen LogP contribution in [0.25, 0.3) is 0 Å². The minimum atomic E-state index is -0.852. The monoisotopic (exact) mass is 234 g/mol. The summed E-state index contributed by atoms with van der Waals surface area (Å²) in [6, 6.07) is 7.50. The van der Waals surface area contributed by atoms with E-state index in [2.05, 4.69) is 4.90 Å². The lowest BCUT2D eigenvalue weighted by atomic mass is 10.0. The first-order valence-corrected chi connectivity index (χ1v) is 5.96. The van der Waals surface area contributed by atoms with Crippen molar-refractivity contribution < 1.29 is 9.90 Å². The highest BCUT2D eigenvalue weighted by Gasteiger charge is 2.18. The van der Waals surface area contributed by atoms with E-state index in [1.807, 2.05) is 12.1 Å². The van der Waals surface area contributed by atoms with Crippen molar-refractivity contribution in [2.45, 2.75) is 25.4 Å². The third-order valence-electron chi connectivity index (χ3n) is 3.27. The second kappa shape index (κ2) is 5.29. The largest absolute Gasteiger partial charge is 0.478 e. The van der Waals surface area contributed by atoms with Crippen molar-refractivity contribution in [2.24, 2.45) is 5.73 Å². The maximum atomic E-state index is 11.1. The average Bonchev–Trinajstić information content (AvgIpc) is 2.32. The Balaban J connectivity index is 2.05. The maximum absolute atomic E-state index is 11.1. The molecule has 0 unspecified atom stereocenters. The van der Waals surface area contributed by atoms with E-state index in [1.165, 1.54) is 0 Å². The van der Waals surface area contributed by atoms with Crippen LogP contribution >= 0.6 is 0 Å². The molecular formula is C13H18N2O2. The Morgan fingerprint density at radius 1 is 1.35 bits per heavy atom. The molecule has 0 amide bonds. The fraction of sp³-hybridized carbons (Fsp3) is 0.462. The molecular weight excluding hydrogens is 216 g/mol. The number of hydrogen-bond donors (Lipinski definition) is 2. The van der Waals surface area contributed by atoms with Gasteiger partial charge in [-0.05, 0) is 37.6 Å². The number of benzene rings is 1. The van der Waals surface area contributed by atoms with E-state index in [1.54, 1.807) is 12.1 Å². The summed E-state index contributed by atoms with van der Waals surface area (Å²) in [6.45, 7) is 2.61. The van der Waals surface area contributed by atoms with Gasteiger partial charge in [0.05, 0.1) is 5.56 Å². The fourth-order valence-electron chi connectivity index (χ4n) is 2.22. The quantitative estimate of drug-likeness (QED) is 0.827. The second-order valence-corrected chi connectivity index (χ2v) is 4.58. The Hall–Kier alpha value is -1.39. The number of rotatable bonds is 3. The second-order valence-electron chi connectivity index (χ2n) is 4.58. The SMILES string of the molecule is NC1CCN(Cc2ccccc2C(=O)O)CC1. The smallest absolute Gasteiger partial charge is 0.336 e. The van der Waals surface area contributed by atoms with Crippen LogP contribution in [0.3, 0.4) is 0 Å². The summed E-state index contributed by atoms with van der Waals surface area (Å²) in [4.78, 5) is 13.3. The van der Waals surface area contributed by atoms with Gasteiger partial charge in [0.2, 0.25) is 0 Å². The summed E-state index contributed by atoms with van der Waals surface area (Å²) < 4.78 is 0. The summed E-state index contributed by atoms with van der Waals surface area (Å²) in [7, 11) is 0. The van der Waals surface area contributed by atoms with Crippen LogP contribution in [0, 0.1) is 0 Å². The standard InChI is InChI=1S/C13H18N2O2/c14-11-5-7-15(8-6-11)9-10-3-1-2-4-12(10)13(16)17/h1-4,11H,5-9,14H2,(H,16,17). The van der Waals surface area contributed by atoms with E-state index in [9.17, 15) is 4.79 Å². The summed E-state index contributed by atoms with van der Waals surface area (Å²) in [5.74, 6) is -0.852. The van der Waals surface area contributed by atoms with Crippen LogP contribution in [0.2, 0.25) is 0 Å². The van der Waals surface area contributed by atoms with Crippen LogP contribution in [0.1, 0.15) is 28.8 Å². The van der Waals surface area contributed by atoms with Gasteiger partial charge in [-0.3, -0.25) is 4.90 Å². The number of nitrogens with two attached hydrogens (primary N) is 1. The molecule has 4 nitrogen and oxygen atoms in total. The molecule has 0 aromatic heterocycles. The van der Waals surface area contributed by atoms with Crippen molar-refractivity contribution in [3.8, 4) is 0 Å². The van der Waals surface area contributed by atoms with Crippen molar-refractivity contribution in [3.63, 3.8) is 0 Å². The number of piperidine rings is 1. The lowest BCUT2D eigenvalue weighted by molar-refractivity contribution is 0.0694. The molecule has 0 saturated carbocycles. The zero-order chi connectivity index (χ0) is 12.3. The van der Waals surface area contributed by atoms with Crippen LogP contribution < -0.4 is 5.73 Å². The summed E-state index contributed by atoms with van der Waals surface area (Å²) in [5.41, 5.74) is 7.14. The van der Waals surface area contributed by atoms with E-state index in [0.29, 0.717) is 18.2 Å². The average molecular weight is 234 g/mol. The van der Waals surface area contributed by atoms with Gasteiger partial charge in [-0.15, -0.1) is 0 Å². The fourth-order valence-corrected chi connectivity index (χ4v) is 2.22. The molecule has 0 atom stereocenters. The highest BCUT2D eigenvalue weighted by Crippen LogP contribution is 2.15. The molecule has 0 spiro atoms. The van der Waals surface area contributed by atoms with Crippen molar-refractivity contribution in [3.05, 3.63) is 35.4 Å². The third kappa shape index (κ3) is 3.05. The highest BCUT2D eigenvalue weighted by molar-refractivity contribution is 5.89. The number of carboxylic acids is 1. The third-order valence-corrected chi connectivity index (χ3v) is 3.27. The number of aromatic carboxylic acids is 1. The predicted octanol–water partition coefficient (Wildman–Crippen LogP) is 1.31. The number of nitrogens with zero attached hydrogens (tertiary/aromatic N) is 1. The zero-order valence-corrected chi connectivity index (χ0v) is 9.80. The van der Waals surface area contributed by atoms with Crippen molar-refractivity contribution in [1.29, 1.82) is 0 Å². The minimum absolute atomic E-state index is 0.306. The lowest BCUT2D eigenvalue weighted by Gasteiger charge is -2.30. The van der Waals surface area contributed by atoms with Crippen molar-refractivity contribution in [1.82, 2.24) is 4.90 Å². The molecule has 1 saturated heterocycles. The number of likely N-dealkylation sites (tertiary alicyclic amines) is 1. The van der Waals surface area contributed by atoms with Gasteiger partial charge in [0, 0.05) is 12.6 Å². The van der Waals surface area contributed by atoms with Gasteiger partial charge in [-0.1, -0.05) is 18.2 Å². The minimum Gasteiger partial charge on any atom is -0.478 e. The Morgan fingerprint density at radius 2 is 2.00 bits per heavy atom.